The van der Waals surface area contributed by atoms with E-state index in [0.717, 1.165) is 15.9 Å². The van der Waals surface area contributed by atoms with Crippen LogP contribution in [0, 0.1) is 0 Å². The Balaban J connectivity index is 1.72. The molecule has 2 heterocycles. The van der Waals surface area contributed by atoms with Crippen LogP contribution in [0.1, 0.15) is 42.9 Å². The zero-order valence-corrected chi connectivity index (χ0v) is 16.2. The fraction of sp³-hybridized carbons (Fsp3) is 0.444. The van der Waals surface area contributed by atoms with Crippen molar-refractivity contribution < 1.29 is 14.3 Å². The van der Waals surface area contributed by atoms with Gasteiger partial charge in [-0.05, 0) is 40.9 Å². The molecule has 1 amide bonds. The molecule has 0 unspecified atom stereocenters. The first kappa shape index (κ1) is 17.8. The second-order valence-electron chi connectivity index (χ2n) is 6.30. The number of likely N-dealkylation sites (N-methyl/N-ethyl adjacent to an activating group) is 1. The molecule has 134 valence electrons. The lowest BCUT2D eigenvalue weighted by Crippen LogP contribution is -2.43. The molecule has 1 atom stereocenters. The van der Waals surface area contributed by atoms with Gasteiger partial charge in [0.05, 0.1) is 16.7 Å². The van der Waals surface area contributed by atoms with E-state index >= 15 is 0 Å². The van der Waals surface area contributed by atoms with Crippen molar-refractivity contribution in [1.29, 1.82) is 0 Å². The molecule has 0 aliphatic carbocycles. The smallest absolute Gasteiger partial charge is 0.275 e. The van der Waals surface area contributed by atoms with Gasteiger partial charge >= 0.3 is 0 Å². The maximum Gasteiger partial charge on any atom is 0.275 e. The molecule has 0 saturated heterocycles. The number of aromatic amines is 1. The highest BCUT2D eigenvalue weighted by molar-refractivity contribution is 9.10. The van der Waals surface area contributed by atoms with E-state index in [0.29, 0.717) is 31.1 Å². The van der Waals surface area contributed by atoms with Gasteiger partial charge in [0.15, 0.2) is 23.3 Å². The average molecular weight is 408 g/mol. The quantitative estimate of drug-likeness (QED) is 0.821. The van der Waals surface area contributed by atoms with Gasteiger partial charge in [-0.15, -0.1) is 0 Å². The third-order valence-corrected chi connectivity index (χ3v) is 4.98. The molecule has 1 N–H and O–H groups in total. The Labute approximate surface area is 155 Å². The highest BCUT2D eigenvalue weighted by atomic mass is 79.9. The van der Waals surface area contributed by atoms with Gasteiger partial charge < -0.3 is 14.4 Å². The van der Waals surface area contributed by atoms with Crippen molar-refractivity contribution in [2.75, 3.05) is 19.7 Å². The summed E-state index contributed by atoms with van der Waals surface area (Å²) in [6.07, 6.45) is -0.207. The molecule has 0 saturated carbocycles. The van der Waals surface area contributed by atoms with Crippen LogP contribution in [0.3, 0.4) is 0 Å². The summed E-state index contributed by atoms with van der Waals surface area (Å²) in [4.78, 5) is 14.6. The lowest BCUT2D eigenvalue weighted by Gasteiger charge is -2.30. The van der Waals surface area contributed by atoms with Crippen LogP contribution in [0.4, 0.5) is 0 Å². The SMILES string of the molecule is CCN(C[C@H]1COc2ccccc2O1)C(=O)c1n[nH]c(C(C)C)c1Br. The van der Waals surface area contributed by atoms with E-state index in [2.05, 4.69) is 40.0 Å². The number of rotatable bonds is 5. The summed E-state index contributed by atoms with van der Waals surface area (Å²) in [5.74, 6) is 1.58. The number of ether oxygens (including phenoxy) is 2. The third kappa shape index (κ3) is 3.66. The van der Waals surface area contributed by atoms with Gasteiger partial charge in [0.25, 0.3) is 5.91 Å². The zero-order chi connectivity index (χ0) is 18.0. The molecule has 1 aliphatic heterocycles. The number of benzene rings is 1. The number of fused-ring (bicyclic) bond motifs is 1. The Kier molecular flexibility index (Phi) is 5.32. The summed E-state index contributed by atoms with van der Waals surface area (Å²) in [5, 5.41) is 7.15. The van der Waals surface area contributed by atoms with Crippen LogP contribution in [0.25, 0.3) is 0 Å². The Bertz CT molecular complexity index is 760. The monoisotopic (exact) mass is 407 g/mol. The van der Waals surface area contributed by atoms with Crippen LogP contribution < -0.4 is 9.47 Å². The molecule has 6 nitrogen and oxygen atoms in total. The molecule has 3 rings (SSSR count). The van der Waals surface area contributed by atoms with Crippen LogP contribution in [-0.4, -0.2) is 46.8 Å². The highest BCUT2D eigenvalue weighted by Gasteiger charge is 2.28. The molecule has 1 aromatic carbocycles. The number of carbonyl (C=O) groups excluding carboxylic acids is 1. The van der Waals surface area contributed by atoms with Crippen LogP contribution in [0.5, 0.6) is 11.5 Å². The number of carbonyl (C=O) groups is 1. The van der Waals surface area contributed by atoms with Crippen molar-refractivity contribution >= 4 is 21.8 Å². The van der Waals surface area contributed by atoms with Gasteiger partial charge in [0.2, 0.25) is 0 Å². The van der Waals surface area contributed by atoms with E-state index in [9.17, 15) is 4.79 Å². The number of nitrogens with one attached hydrogen (secondary N) is 1. The molecule has 25 heavy (non-hydrogen) atoms. The summed E-state index contributed by atoms with van der Waals surface area (Å²) in [6.45, 7) is 7.47. The third-order valence-electron chi connectivity index (χ3n) is 4.17. The van der Waals surface area contributed by atoms with Gasteiger partial charge in [-0.3, -0.25) is 9.89 Å². The number of aromatic nitrogens is 2. The van der Waals surface area contributed by atoms with E-state index in [-0.39, 0.29) is 17.9 Å². The Morgan fingerprint density at radius 2 is 2.12 bits per heavy atom. The van der Waals surface area contributed by atoms with Crippen LogP contribution in [0.15, 0.2) is 28.7 Å². The van der Waals surface area contributed by atoms with Crippen LogP contribution in [-0.2, 0) is 0 Å². The lowest BCUT2D eigenvalue weighted by molar-refractivity contribution is 0.0470. The van der Waals surface area contributed by atoms with Crippen molar-refractivity contribution in [2.24, 2.45) is 0 Å². The molecular weight excluding hydrogens is 386 g/mol. The van der Waals surface area contributed by atoms with Crippen molar-refractivity contribution in [3.63, 3.8) is 0 Å². The Morgan fingerprint density at radius 3 is 2.76 bits per heavy atom. The summed E-state index contributed by atoms with van der Waals surface area (Å²) >= 11 is 3.50. The molecule has 7 heteroatoms. The second-order valence-corrected chi connectivity index (χ2v) is 7.09. The average Bonchev–Trinajstić information content (AvgIpc) is 3.00. The van der Waals surface area contributed by atoms with Gasteiger partial charge in [-0.25, -0.2) is 0 Å². The predicted octanol–water partition coefficient (Wildman–Crippen LogP) is 3.60. The first-order chi connectivity index (χ1) is 12.0. The maximum atomic E-state index is 12.9. The normalized spacial score (nSPS) is 16.1. The fourth-order valence-electron chi connectivity index (χ4n) is 2.77. The minimum Gasteiger partial charge on any atom is -0.486 e. The topological polar surface area (TPSA) is 67.5 Å². The minimum absolute atomic E-state index is 0.125. The standard InChI is InChI=1S/C18H22BrN3O3/c1-4-22(18(23)17-15(19)16(11(2)3)20-21-17)9-12-10-24-13-7-5-6-8-14(13)25-12/h5-8,11-12H,4,9-10H2,1-3H3,(H,20,21)/t12-/m0/s1. The second kappa shape index (κ2) is 7.47. The molecular formula is C18H22BrN3O3. The first-order valence-corrected chi connectivity index (χ1v) is 9.22. The summed E-state index contributed by atoms with van der Waals surface area (Å²) < 4.78 is 12.4. The van der Waals surface area contributed by atoms with Crippen molar-refractivity contribution in [3.05, 3.63) is 40.1 Å². The minimum atomic E-state index is -0.207. The predicted molar refractivity (Wildman–Crippen MR) is 98.3 cm³/mol. The van der Waals surface area contributed by atoms with E-state index < -0.39 is 0 Å². The molecule has 0 spiro atoms. The first-order valence-electron chi connectivity index (χ1n) is 8.42. The van der Waals surface area contributed by atoms with Gasteiger partial charge in [0, 0.05) is 6.54 Å². The number of nitrogens with zero attached hydrogens (tertiary/aromatic N) is 2. The number of hydrogen-bond acceptors (Lipinski definition) is 4. The van der Waals surface area contributed by atoms with E-state index in [1.807, 2.05) is 31.2 Å². The van der Waals surface area contributed by atoms with E-state index in [1.54, 1.807) is 4.90 Å². The lowest BCUT2D eigenvalue weighted by atomic mass is 10.1. The van der Waals surface area contributed by atoms with Gasteiger partial charge in [-0.1, -0.05) is 26.0 Å². The number of hydrogen-bond donors (Lipinski definition) is 1. The summed E-state index contributed by atoms with van der Waals surface area (Å²) in [7, 11) is 0. The maximum absolute atomic E-state index is 12.9. The number of H-pyrrole nitrogens is 1. The summed E-state index contributed by atoms with van der Waals surface area (Å²) in [6, 6.07) is 7.56. The molecule has 1 aliphatic rings. The molecule has 0 fully saturated rings. The van der Waals surface area contributed by atoms with Crippen LogP contribution in [0.2, 0.25) is 0 Å². The van der Waals surface area contributed by atoms with Crippen molar-refractivity contribution in [2.45, 2.75) is 32.8 Å². The molecule has 0 bridgehead atoms. The number of amides is 1. The van der Waals surface area contributed by atoms with E-state index in [4.69, 9.17) is 9.47 Å². The Hall–Kier alpha value is -2.02. The van der Waals surface area contributed by atoms with Crippen LogP contribution >= 0.6 is 15.9 Å². The fourth-order valence-corrected chi connectivity index (χ4v) is 3.58. The van der Waals surface area contributed by atoms with Gasteiger partial charge in [0.1, 0.15) is 6.61 Å². The largest absolute Gasteiger partial charge is 0.486 e. The Morgan fingerprint density at radius 1 is 1.40 bits per heavy atom. The van der Waals surface area contributed by atoms with Crippen molar-refractivity contribution in [1.82, 2.24) is 15.1 Å². The van der Waals surface area contributed by atoms with Crippen molar-refractivity contribution in [3.8, 4) is 11.5 Å². The molecule has 1 aromatic heterocycles. The molecule has 0 radical (unpaired) electrons. The van der Waals surface area contributed by atoms with E-state index in [1.165, 1.54) is 0 Å². The highest BCUT2D eigenvalue weighted by Crippen LogP contribution is 2.31. The number of halogens is 1. The number of para-hydroxylation sites is 2. The molecule has 2 aromatic rings. The zero-order valence-electron chi connectivity index (χ0n) is 14.6. The van der Waals surface area contributed by atoms with Gasteiger partial charge in [-0.2, -0.15) is 5.10 Å². The summed E-state index contributed by atoms with van der Waals surface area (Å²) in [5.41, 5.74) is 1.33.